The van der Waals surface area contributed by atoms with E-state index >= 15 is 0 Å². The van der Waals surface area contributed by atoms with Crippen molar-refractivity contribution in [2.45, 2.75) is 32.6 Å². The van der Waals surface area contributed by atoms with Crippen LogP contribution in [0.2, 0.25) is 0 Å². The number of hydrogen-bond acceptors (Lipinski definition) is 3. The maximum absolute atomic E-state index is 12.8. The van der Waals surface area contributed by atoms with Crippen molar-refractivity contribution in [3.05, 3.63) is 74.6 Å². The monoisotopic (exact) mass is 351 g/mol. The van der Waals surface area contributed by atoms with Gasteiger partial charge < -0.3 is 5.11 Å². The number of rotatable bonds is 4. The highest BCUT2D eigenvalue weighted by molar-refractivity contribution is 5.47. The molecule has 2 N–H and O–H groups in total. The van der Waals surface area contributed by atoms with E-state index in [2.05, 4.69) is 5.10 Å². The third kappa shape index (κ3) is 2.87. The number of aromatic amines is 1. The van der Waals surface area contributed by atoms with Crippen molar-refractivity contribution in [3.63, 3.8) is 0 Å². The van der Waals surface area contributed by atoms with Crippen LogP contribution in [0.5, 0.6) is 5.75 Å². The average Bonchev–Trinajstić information content (AvgIpc) is 2.88. The van der Waals surface area contributed by atoms with E-state index in [1.165, 1.54) is 25.3 Å². The summed E-state index contributed by atoms with van der Waals surface area (Å²) in [5.41, 5.74) is 1.74. The molecule has 1 aliphatic carbocycles. The van der Waals surface area contributed by atoms with Crippen LogP contribution >= 0.6 is 0 Å². The second kappa shape index (κ2) is 6.37. The first-order valence-electron chi connectivity index (χ1n) is 8.86. The highest BCUT2D eigenvalue weighted by Crippen LogP contribution is 2.30. The van der Waals surface area contributed by atoms with Crippen LogP contribution in [-0.4, -0.2) is 19.5 Å². The number of phenols is 1. The van der Waals surface area contributed by atoms with Crippen molar-refractivity contribution in [2.75, 3.05) is 0 Å². The Hall–Kier alpha value is -3.02. The number of benzene rings is 2. The van der Waals surface area contributed by atoms with Gasteiger partial charge in [-0.05, 0) is 54.7 Å². The molecule has 3 aromatic rings. The minimum absolute atomic E-state index is 0.0650. The first-order chi connectivity index (χ1) is 12.5. The van der Waals surface area contributed by atoms with Crippen molar-refractivity contribution in [2.24, 2.45) is 5.92 Å². The van der Waals surface area contributed by atoms with Crippen molar-refractivity contribution < 1.29 is 5.11 Å². The molecular formula is C20H21N3O3. The Kier molecular flexibility index (Phi) is 4.03. The van der Waals surface area contributed by atoms with Crippen LogP contribution < -0.4 is 11.4 Å². The van der Waals surface area contributed by atoms with Gasteiger partial charge in [-0.3, -0.25) is 0 Å². The minimum Gasteiger partial charge on any atom is -0.506 e. The van der Waals surface area contributed by atoms with Crippen molar-refractivity contribution >= 4 is 0 Å². The van der Waals surface area contributed by atoms with Crippen LogP contribution in [0.1, 0.15) is 30.4 Å². The summed E-state index contributed by atoms with van der Waals surface area (Å²) in [6.07, 6.45) is 4.74. The number of hydrogen-bond donors (Lipinski definition) is 2. The largest absolute Gasteiger partial charge is 0.506 e. The van der Waals surface area contributed by atoms with Gasteiger partial charge >= 0.3 is 11.4 Å². The lowest BCUT2D eigenvalue weighted by Gasteiger charge is -2.25. The van der Waals surface area contributed by atoms with Gasteiger partial charge in [0.05, 0.1) is 5.69 Å². The zero-order chi connectivity index (χ0) is 18.3. The molecule has 1 heterocycles. The molecule has 0 atom stereocenters. The third-order valence-corrected chi connectivity index (χ3v) is 5.08. The molecule has 0 spiro atoms. The summed E-state index contributed by atoms with van der Waals surface area (Å²) in [5.74, 6) is 0.638. The van der Waals surface area contributed by atoms with Gasteiger partial charge in [-0.2, -0.15) is 4.68 Å². The molecule has 0 amide bonds. The molecule has 1 saturated carbocycles. The average molecular weight is 351 g/mol. The number of aromatic nitrogens is 3. The Morgan fingerprint density at radius 1 is 1.15 bits per heavy atom. The van der Waals surface area contributed by atoms with Crippen LogP contribution in [-0.2, 0) is 6.42 Å². The maximum atomic E-state index is 12.8. The van der Waals surface area contributed by atoms with E-state index in [9.17, 15) is 14.7 Å². The Morgan fingerprint density at radius 3 is 2.69 bits per heavy atom. The first-order valence-corrected chi connectivity index (χ1v) is 8.86. The van der Waals surface area contributed by atoms with Gasteiger partial charge in [-0.25, -0.2) is 19.3 Å². The van der Waals surface area contributed by atoms with Crippen molar-refractivity contribution in [1.82, 2.24) is 14.3 Å². The molecule has 26 heavy (non-hydrogen) atoms. The number of phenolic OH excluding ortho intramolecular Hbond substituents is 1. The molecule has 0 saturated heterocycles. The van der Waals surface area contributed by atoms with Crippen LogP contribution in [0.25, 0.3) is 11.4 Å². The number of aryl methyl sites for hydroxylation is 1. The molecule has 4 rings (SSSR count). The topological polar surface area (TPSA) is 80.0 Å². The van der Waals surface area contributed by atoms with E-state index in [4.69, 9.17) is 0 Å². The molecule has 1 fully saturated rings. The summed E-state index contributed by atoms with van der Waals surface area (Å²) in [6.45, 7) is 1.85. The van der Waals surface area contributed by atoms with E-state index in [1.807, 2.05) is 25.1 Å². The fourth-order valence-corrected chi connectivity index (χ4v) is 3.44. The Morgan fingerprint density at radius 2 is 1.96 bits per heavy atom. The number of H-pyrrole nitrogens is 1. The number of nitrogens with one attached hydrogen (secondary N) is 1. The molecule has 0 aliphatic heterocycles. The zero-order valence-electron chi connectivity index (χ0n) is 14.6. The lowest BCUT2D eigenvalue weighted by molar-refractivity contribution is 0.314. The van der Waals surface area contributed by atoms with Gasteiger partial charge in [0.2, 0.25) is 0 Å². The molecule has 2 aromatic carbocycles. The smallest absolute Gasteiger partial charge is 0.356 e. The maximum Gasteiger partial charge on any atom is 0.356 e. The molecule has 0 bridgehead atoms. The van der Waals surface area contributed by atoms with Gasteiger partial charge in [0.1, 0.15) is 11.4 Å². The molecule has 1 aromatic heterocycles. The molecule has 134 valence electrons. The predicted molar refractivity (Wildman–Crippen MR) is 99.4 cm³/mol. The molecule has 6 heteroatoms. The zero-order valence-corrected chi connectivity index (χ0v) is 14.6. The molecular weight excluding hydrogens is 330 g/mol. The fourth-order valence-electron chi connectivity index (χ4n) is 3.44. The summed E-state index contributed by atoms with van der Waals surface area (Å²) < 4.78 is 2.19. The van der Waals surface area contributed by atoms with Gasteiger partial charge in [0.25, 0.3) is 0 Å². The van der Waals surface area contributed by atoms with E-state index in [0.29, 0.717) is 11.6 Å². The Bertz CT molecular complexity index is 1070. The van der Waals surface area contributed by atoms with E-state index in [1.54, 1.807) is 18.2 Å². The van der Waals surface area contributed by atoms with Gasteiger partial charge in [0.15, 0.2) is 0 Å². The van der Waals surface area contributed by atoms with Gasteiger partial charge in [-0.1, -0.05) is 37.5 Å². The van der Waals surface area contributed by atoms with Gasteiger partial charge in [-0.15, -0.1) is 0 Å². The van der Waals surface area contributed by atoms with Crippen molar-refractivity contribution in [1.29, 1.82) is 0 Å². The lowest BCUT2D eigenvalue weighted by atomic mass is 9.81. The second-order valence-corrected chi connectivity index (χ2v) is 7.03. The van der Waals surface area contributed by atoms with Crippen LogP contribution in [0.3, 0.4) is 0 Å². The first kappa shape index (κ1) is 16.4. The van der Waals surface area contributed by atoms with E-state index < -0.39 is 11.4 Å². The minimum atomic E-state index is -0.531. The molecule has 0 unspecified atom stereocenters. The normalized spacial score (nSPS) is 14.3. The van der Waals surface area contributed by atoms with Crippen LogP contribution in [0.15, 0.2) is 52.1 Å². The second-order valence-electron chi connectivity index (χ2n) is 7.03. The SMILES string of the molecule is Cc1ccc(O)c(-n2[nH]c(=O)n(-c3cccc(CC4CCC4)c3)c2=O)c1. The molecule has 1 aliphatic rings. The summed E-state index contributed by atoms with van der Waals surface area (Å²) in [5, 5.41) is 12.6. The lowest BCUT2D eigenvalue weighted by Crippen LogP contribution is -2.27. The Balaban J connectivity index is 1.78. The van der Waals surface area contributed by atoms with Gasteiger partial charge in [0, 0.05) is 0 Å². The Labute approximate surface area is 150 Å². The highest BCUT2D eigenvalue weighted by atomic mass is 16.3. The summed E-state index contributed by atoms with van der Waals surface area (Å²) in [4.78, 5) is 25.3. The number of nitrogens with zero attached hydrogens (tertiary/aromatic N) is 2. The van der Waals surface area contributed by atoms with E-state index in [-0.39, 0.29) is 11.4 Å². The fraction of sp³-hybridized carbons (Fsp3) is 0.300. The van der Waals surface area contributed by atoms with Crippen LogP contribution in [0.4, 0.5) is 0 Å². The molecule has 0 radical (unpaired) electrons. The van der Waals surface area contributed by atoms with Crippen LogP contribution in [0, 0.1) is 12.8 Å². The predicted octanol–water partition coefficient (Wildman–Crippen LogP) is 2.67. The number of aromatic hydroxyl groups is 1. The van der Waals surface area contributed by atoms with Crippen molar-refractivity contribution in [3.8, 4) is 17.1 Å². The van der Waals surface area contributed by atoms with E-state index in [0.717, 1.165) is 26.8 Å². The highest BCUT2D eigenvalue weighted by Gasteiger charge is 2.19. The summed E-state index contributed by atoms with van der Waals surface area (Å²) in [6, 6.07) is 12.5. The summed E-state index contributed by atoms with van der Waals surface area (Å²) >= 11 is 0. The quantitative estimate of drug-likeness (QED) is 0.758. The summed E-state index contributed by atoms with van der Waals surface area (Å²) in [7, 11) is 0. The molecule has 6 nitrogen and oxygen atoms in total. The third-order valence-electron chi connectivity index (χ3n) is 5.08. The standard InChI is InChI=1S/C20H21N3O3/c1-13-8-9-18(24)17(10-13)23-20(26)22(19(25)21-23)16-7-3-6-15(12-16)11-14-4-2-5-14/h3,6-10,12,14,24H,2,4-5,11H2,1H3,(H,21,25).